The number of carbonyl (C=O) groups is 3. The predicted octanol–water partition coefficient (Wildman–Crippen LogP) is 2.84. The number of fused-ring (bicyclic) bond motifs is 1. The van der Waals surface area contributed by atoms with Gasteiger partial charge in [0.25, 0.3) is 0 Å². The van der Waals surface area contributed by atoms with Gasteiger partial charge in [0, 0.05) is 19.6 Å². The second-order valence-electron chi connectivity index (χ2n) is 13.5. The van der Waals surface area contributed by atoms with Gasteiger partial charge in [-0.1, -0.05) is 45.9 Å². The molecule has 292 valence electrons. The van der Waals surface area contributed by atoms with E-state index < -0.39 is 74.1 Å². The number of nitrogen functional groups attached to an aromatic ring is 1. The molecule has 54 heavy (non-hydrogen) atoms. The maximum Gasteiger partial charge on any atom is 0.459 e. The number of nitrogens with one attached hydrogen (secondary N) is 1. The molecule has 2 aromatic heterocycles. The summed E-state index contributed by atoms with van der Waals surface area (Å²) >= 11 is 0. The van der Waals surface area contributed by atoms with E-state index in [4.69, 9.17) is 38.5 Å². The lowest BCUT2D eigenvalue weighted by Crippen LogP contribution is -2.50. The van der Waals surface area contributed by atoms with E-state index in [1.54, 1.807) is 58.0 Å². The van der Waals surface area contributed by atoms with Gasteiger partial charge in [-0.15, -0.1) is 0 Å². The average molecular weight is 772 g/mol. The first-order chi connectivity index (χ1) is 25.8. The van der Waals surface area contributed by atoms with Crippen molar-refractivity contribution in [3.05, 3.63) is 54.5 Å². The van der Waals surface area contributed by atoms with E-state index in [-0.39, 0.29) is 23.9 Å². The molecule has 2 unspecified atom stereocenters. The molecular weight excluding hydrogens is 725 g/mol. The first-order valence-electron chi connectivity index (χ1n) is 17.6. The number of anilines is 1. The van der Waals surface area contributed by atoms with Crippen LogP contribution in [-0.4, -0.2) is 107 Å². The SMILES string of the molecule is CC(C)C(=O)O[C@H]1[C@H](c2ccc3c(N)ncnn23)O[C@](C#N)(COP(=O)(NC(C)C(=O)OCCN2CCOCC2)Oc2ccccc2)[C@H]1OC(=O)C(C)C. The van der Waals surface area contributed by atoms with Crippen LogP contribution in [0.25, 0.3) is 5.52 Å². The number of benzene rings is 1. The van der Waals surface area contributed by atoms with Crippen LogP contribution in [0.1, 0.15) is 46.4 Å². The van der Waals surface area contributed by atoms with Crippen molar-refractivity contribution in [1.82, 2.24) is 24.6 Å². The van der Waals surface area contributed by atoms with E-state index in [0.29, 0.717) is 38.4 Å². The number of hydrogen-bond acceptors (Lipinski definition) is 16. The molecule has 0 spiro atoms. The van der Waals surface area contributed by atoms with E-state index in [0.717, 1.165) is 0 Å². The van der Waals surface area contributed by atoms with Crippen LogP contribution in [-0.2, 0) is 47.2 Å². The molecule has 19 heteroatoms. The van der Waals surface area contributed by atoms with Gasteiger partial charge in [0.2, 0.25) is 5.60 Å². The number of nitriles is 1. The van der Waals surface area contributed by atoms with Crippen LogP contribution in [0.2, 0.25) is 0 Å². The highest BCUT2D eigenvalue weighted by molar-refractivity contribution is 7.52. The number of esters is 3. The molecule has 2 saturated heterocycles. The van der Waals surface area contributed by atoms with Crippen LogP contribution in [0, 0.1) is 23.2 Å². The van der Waals surface area contributed by atoms with E-state index in [1.807, 2.05) is 6.07 Å². The molecular formula is C35H46N7O11P. The summed E-state index contributed by atoms with van der Waals surface area (Å²) in [5.74, 6) is -3.19. The fraction of sp³-hybridized carbons (Fsp3) is 0.543. The van der Waals surface area contributed by atoms with Gasteiger partial charge in [0.15, 0.2) is 18.0 Å². The highest BCUT2D eigenvalue weighted by atomic mass is 31.2. The van der Waals surface area contributed by atoms with Crippen molar-refractivity contribution < 1.29 is 51.7 Å². The van der Waals surface area contributed by atoms with Crippen molar-refractivity contribution in [1.29, 1.82) is 5.26 Å². The van der Waals surface area contributed by atoms with Gasteiger partial charge in [0.1, 0.15) is 49.0 Å². The molecule has 1 aromatic carbocycles. The highest BCUT2D eigenvalue weighted by Crippen LogP contribution is 2.50. The lowest BCUT2D eigenvalue weighted by atomic mass is 9.95. The van der Waals surface area contributed by atoms with Crippen molar-refractivity contribution in [3.63, 3.8) is 0 Å². The van der Waals surface area contributed by atoms with Crippen LogP contribution >= 0.6 is 7.75 Å². The number of ether oxygens (including phenoxy) is 5. The van der Waals surface area contributed by atoms with E-state index in [1.165, 1.54) is 29.9 Å². The molecule has 2 aliphatic rings. The third kappa shape index (κ3) is 9.53. The summed E-state index contributed by atoms with van der Waals surface area (Å²) in [6.45, 7) is 10.1. The zero-order valence-corrected chi connectivity index (χ0v) is 31.7. The van der Waals surface area contributed by atoms with Crippen molar-refractivity contribution >= 4 is 37.0 Å². The van der Waals surface area contributed by atoms with Gasteiger partial charge in [-0.3, -0.25) is 23.8 Å². The number of hydrogen-bond donors (Lipinski definition) is 2. The van der Waals surface area contributed by atoms with E-state index >= 15 is 0 Å². The number of rotatable bonds is 16. The molecule has 0 saturated carbocycles. The number of aromatic nitrogens is 3. The summed E-state index contributed by atoms with van der Waals surface area (Å²) in [6.07, 6.45) is -3.13. The minimum Gasteiger partial charge on any atom is -0.463 e. The minimum atomic E-state index is -4.59. The molecule has 0 amide bonds. The molecule has 5 rings (SSSR count). The Hall–Kier alpha value is -4.63. The molecule has 0 aliphatic carbocycles. The summed E-state index contributed by atoms with van der Waals surface area (Å²) in [7, 11) is -4.59. The van der Waals surface area contributed by atoms with E-state index in [2.05, 4.69) is 20.1 Å². The number of morpholine rings is 1. The lowest BCUT2D eigenvalue weighted by molar-refractivity contribution is -0.173. The first kappa shape index (κ1) is 40.6. The van der Waals surface area contributed by atoms with Crippen LogP contribution in [0.3, 0.4) is 0 Å². The molecule has 3 N–H and O–H groups in total. The van der Waals surface area contributed by atoms with Gasteiger partial charge >= 0.3 is 25.7 Å². The largest absolute Gasteiger partial charge is 0.463 e. The van der Waals surface area contributed by atoms with Crippen LogP contribution in [0.4, 0.5) is 5.82 Å². The quantitative estimate of drug-likeness (QED) is 0.121. The zero-order chi connectivity index (χ0) is 39.0. The Balaban J connectivity index is 1.47. The van der Waals surface area contributed by atoms with Gasteiger partial charge < -0.3 is 33.9 Å². The number of nitrogens with zero attached hydrogens (tertiary/aromatic N) is 5. The molecule has 2 fully saturated rings. The standard InChI is InChI=1S/C35H46N7O11P/c1-22(2)32(43)50-29-28(26-11-12-27-31(37)38-21-39-42(26)27)52-35(19-36,30(29)51-33(44)23(3)4)20-49-54(46,53-25-9-7-6-8-10-25)40-24(5)34(45)48-18-15-41-13-16-47-17-14-41/h6-12,21-24,28-30H,13-18,20H2,1-5H3,(H,40,46)(H2,37,38,39)/t24?,28-,29-,30-,35+,54?/m0/s1. The summed E-state index contributed by atoms with van der Waals surface area (Å²) in [6, 6.07) is 12.0. The summed E-state index contributed by atoms with van der Waals surface area (Å²) < 4.78 is 56.7. The number of carbonyl (C=O) groups excluding carboxylic acids is 3. The predicted molar refractivity (Wildman–Crippen MR) is 190 cm³/mol. The Morgan fingerprint density at radius 1 is 1.04 bits per heavy atom. The van der Waals surface area contributed by atoms with Crippen molar-refractivity contribution in [3.8, 4) is 11.8 Å². The van der Waals surface area contributed by atoms with Crippen molar-refractivity contribution in [2.24, 2.45) is 11.8 Å². The maximum absolute atomic E-state index is 14.6. The Morgan fingerprint density at radius 3 is 2.39 bits per heavy atom. The second kappa shape index (κ2) is 17.7. The monoisotopic (exact) mass is 771 g/mol. The third-order valence-electron chi connectivity index (χ3n) is 8.70. The fourth-order valence-electron chi connectivity index (χ4n) is 5.66. The number of nitrogens with two attached hydrogens (primary N) is 1. The van der Waals surface area contributed by atoms with Gasteiger partial charge in [-0.25, -0.2) is 14.1 Å². The fourth-order valence-corrected chi connectivity index (χ4v) is 7.18. The van der Waals surface area contributed by atoms with E-state index in [9.17, 15) is 24.2 Å². The number of para-hydroxylation sites is 1. The smallest absolute Gasteiger partial charge is 0.459 e. The normalized spacial score (nSPS) is 23.4. The summed E-state index contributed by atoms with van der Waals surface area (Å²) in [5.41, 5.74) is 4.48. The summed E-state index contributed by atoms with van der Waals surface area (Å²) in [5, 5.41) is 17.7. The molecule has 4 heterocycles. The van der Waals surface area contributed by atoms with Gasteiger partial charge in [-0.05, 0) is 31.2 Å². The Kier molecular flexibility index (Phi) is 13.3. The van der Waals surface area contributed by atoms with Gasteiger partial charge in [0.05, 0.1) is 30.7 Å². The van der Waals surface area contributed by atoms with Crippen molar-refractivity contribution in [2.45, 2.75) is 64.6 Å². The molecule has 18 nitrogen and oxygen atoms in total. The Bertz CT molecular complexity index is 1860. The minimum absolute atomic E-state index is 0.0761. The van der Waals surface area contributed by atoms with Crippen LogP contribution in [0.5, 0.6) is 5.75 Å². The molecule has 0 radical (unpaired) electrons. The van der Waals surface area contributed by atoms with Gasteiger partial charge in [-0.2, -0.15) is 15.4 Å². The van der Waals surface area contributed by atoms with Crippen LogP contribution < -0.4 is 15.3 Å². The van der Waals surface area contributed by atoms with Crippen LogP contribution in [0.15, 0.2) is 48.8 Å². The third-order valence-corrected chi connectivity index (χ3v) is 10.3. The Labute approximate surface area is 312 Å². The second-order valence-corrected chi connectivity index (χ2v) is 15.2. The molecule has 3 aromatic rings. The first-order valence-corrected chi connectivity index (χ1v) is 19.1. The molecule has 6 atom stereocenters. The average Bonchev–Trinajstić information content (AvgIpc) is 3.71. The topological polar surface area (TPSA) is 228 Å². The molecule has 2 aliphatic heterocycles. The summed E-state index contributed by atoms with van der Waals surface area (Å²) in [4.78, 5) is 45.5. The molecule has 0 bridgehead atoms. The zero-order valence-electron chi connectivity index (χ0n) is 30.8. The highest BCUT2D eigenvalue weighted by Gasteiger charge is 2.62. The van der Waals surface area contributed by atoms with Crippen molar-refractivity contribution in [2.75, 3.05) is 51.8 Å². The Morgan fingerprint density at radius 2 is 1.72 bits per heavy atom. The lowest BCUT2D eigenvalue weighted by Gasteiger charge is -2.31. The maximum atomic E-state index is 14.6.